The molecule has 1 aromatic rings. The van der Waals surface area contributed by atoms with Crippen LogP contribution in [0, 0.1) is 11.8 Å². The van der Waals surface area contributed by atoms with E-state index in [1.165, 1.54) is 12.8 Å². The molecule has 0 spiro atoms. The molecule has 3 heterocycles. The number of carbonyl (C=O) groups excluding carboxylic acids is 1. The summed E-state index contributed by atoms with van der Waals surface area (Å²) < 4.78 is 0. The van der Waals surface area contributed by atoms with Crippen LogP contribution in [0.2, 0.25) is 0 Å². The number of hydrogen-bond acceptors (Lipinski definition) is 4. The van der Waals surface area contributed by atoms with Gasteiger partial charge in [0.2, 0.25) is 0 Å². The van der Waals surface area contributed by atoms with Gasteiger partial charge in [-0.25, -0.2) is 4.98 Å². The first kappa shape index (κ1) is 23.0. The van der Waals surface area contributed by atoms with E-state index >= 15 is 0 Å². The summed E-state index contributed by atoms with van der Waals surface area (Å²) in [7, 11) is 0. The molecule has 0 radical (unpaired) electrons. The van der Waals surface area contributed by atoms with E-state index in [0.717, 1.165) is 44.2 Å². The van der Waals surface area contributed by atoms with Crippen LogP contribution in [-0.4, -0.2) is 48.0 Å². The number of amides is 1. The van der Waals surface area contributed by atoms with Gasteiger partial charge in [-0.3, -0.25) is 4.79 Å². The van der Waals surface area contributed by atoms with Gasteiger partial charge in [0.05, 0.1) is 5.56 Å². The first-order valence-corrected chi connectivity index (χ1v) is 9.30. The predicted molar refractivity (Wildman–Crippen MR) is 112 cm³/mol. The molecule has 2 aliphatic heterocycles. The summed E-state index contributed by atoms with van der Waals surface area (Å²) in [6.45, 7) is 7.99. The number of piperidine rings is 2. The summed E-state index contributed by atoms with van der Waals surface area (Å²) in [4.78, 5) is 21.6. The summed E-state index contributed by atoms with van der Waals surface area (Å²) in [5, 5.41) is 0. The molecule has 2 fully saturated rings. The quantitative estimate of drug-likeness (QED) is 0.841. The molecule has 2 unspecified atom stereocenters. The summed E-state index contributed by atoms with van der Waals surface area (Å²) in [6.07, 6.45) is 6.22. The van der Waals surface area contributed by atoms with Crippen molar-refractivity contribution in [3.05, 3.63) is 23.9 Å². The number of carbonyl (C=O) groups is 1. The normalized spacial score (nSPS) is 23.8. The fraction of sp³-hybridized carbons (Fsp3) is 0.684. The second kappa shape index (κ2) is 10.3. The summed E-state index contributed by atoms with van der Waals surface area (Å²) >= 11 is 0. The Hall–Kier alpha value is -1.04. The van der Waals surface area contributed by atoms with E-state index in [2.05, 4.69) is 23.7 Å². The Morgan fingerprint density at radius 1 is 1.12 bits per heavy atom. The second-order valence-electron chi connectivity index (χ2n) is 7.59. The van der Waals surface area contributed by atoms with Gasteiger partial charge in [-0.05, 0) is 49.7 Å². The van der Waals surface area contributed by atoms with Crippen molar-refractivity contribution < 1.29 is 4.79 Å². The van der Waals surface area contributed by atoms with Crippen LogP contribution in [0.15, 0.2) is 18.3 Å². The lowest BCUT2D eigenvalue weighted by molar-refractivity contribution is 0.0573. The lowest BCUT2D eigenvalue weighted by atomic mass is 9.92. The molecule has 0 aromatic carbocycles. The van der Waals surface area contributed by atoms with Gasteiger partial charge < -0.3 is 15.5 Å². The van der Waals surface area contributed by atoms with E-state index in [4.69, 9.17) is 5.73 Å². The smallest absolute Gasteiger partial charge is 0.255 e. The fourth-order valence-corrected chi connectivity index (χ4v) is 3.85. The molecule has 2 aliphatic rings. The Balaban J connectivity index is 0.00000169. The number of hydrogen-bond donors (Lipinski definition) is 1. The van der Waals surface area contributed by atoms with Crippen LogP contribution in [0.5, 0.6) is 0 Å². The minimum Gasteiger partial charge on any atom is -0.357 e. The van der Waals surface area contributed by atoms with E-state index in [9.17, 15) is 4.79 Å². The van der Waals surface area contributed by atoms with E-state index in [1.807, 2.05) is 17.0 Å². The predicted octanol–water partition coefficient (Wildman–Crippen LogP) is 3.36. The highest BCUT2D eigenvalue weighted by atomic mass is 35.5. The molecule has 2 saturated heterocycles. The molecular formula is C19H32Cl2N4O. The molecule has 1 amide bonds. The second-order valence-corrected chi connectivity index (χ2v) is 7.59. The minimum absolute atomic E-state index is 0. The first-order chi connectivity index (χ1) is 11.6. The van der Waals surface area contributed by atoms with Crippen molar-refractivity contribution in [2.75, 3.05) is 31.1 Å². The van der Waals surface area contributed by atoms with Gasteiger partial charge in [0, 0.05) is 38.4 Å². The van der Waals surface area contributed by atoms with Crippen molar-refractivity contribution in [2.45, 2.75) is 45.6 Å². The topological polar surface area (TPSA) is 62.5 Å². The largest absolute Gasteiger partial charge is 0.357 e. The fourth-order valence-electron chi connectivity index (χ4n) is 3.85. The Labute approximate surface area is 169 Å². The van der Waals surface area contributed by atoms with Crippen LogP contribution in [0.4, 0.5) is 5.82 Å². The first-order valence-electron chi connectivity index (χ1n) is 9.30. The van der Waals surface area contributed by atoms with Gasteiger partial charge in [-0.15, -0.1) is 24.8 Å². The highest BCUT2D eigenvalue weighted by molar-refractivity contribution is 5.94. The lowest BCUT2D eigenvalue weighted by Crippen LogP contribution is -2.49. The molecule has 5 nitrogen and oxygen atoms in total. The summed E-state index contributed by atoms with van der Waals surface area (Å²) in [6, 6.07) is 4.08. The maximum atomic E-state index is 12.8. The summed E-state index contributed by atoms with van der Waals surface area (Å²) in [5.74, 6) is 2.51. The zero-order valence-electron chi connectivity index (χ0n) is 15.8. The molecule has 3 rings (SSSR count). The minimum atomic E-state index is 0. The Bertz CT molecular complexity index is 561. The Morgan fingerprint density at radius 3 is 2.35 bits per heavy atom. The molecule has 26 heavy (non-hydrogen) atoms. The number of aromatic nitrogens is 1. The zero-order valence-corrected chi connectivity index (χ0v) is 17.4. The number of anilines is 1. The van der Waals surface area contributed by atoms with E-state index < -0.39 is 0 Å². The number of nitrogens with two attached hydrogens (primary N) is 1. The van der Waals surface area contributed by atoms with Crippen LogP contribution < -0.4 is 10.6 Å². The number of halogens is 2. The zero-order chi connectivity index (χ0) is 17.1. The van der Waals surface area contributed by atoms with Crippen molar-refractivity contribution >= 4 is 36.5 Å². The maximum absolute atomic E-state index is 12.8. The molecule has 0 bridgehead atoms. The average Bonchev–Trinajstić information content (AvgIpc) is 2.62. The van der Waals surface area contributed by atoms with Crippen LogP contribution in [-0.2, 0) is 0 Å². The molecule has 148 valence electrons. The number of nitrogens with zero attached hydrogens (tertiary/aromatic N) is 3. The monoisotopic (exact) mass is 402 g/mol. The van der Waals surface area contributed by atoms with Gasteiger partial charge in [0.25, 0.3) is 5.91 Å². The molecule has 7 heteroatoms. The summed E-state index contributed by atoms with van der Waals surface area (Å²) in [5.41, 5.74) is 6.57. The third-order valence-electron chi connectivity index (χ3n) is 5.61. The molecule has 0 saturated carbocycles. The molecular weight excluding hydrogens is 371 g/mol. The average molecular weight is 403 g/mol. The van der Waals surface area contributed by atoms with Gasteiger partial charge in [0.1, 0.15) is 5.82 Å². The van der Waals surface area contributed by atoms with Gasteiger partial charge in [-0.2, -0.15) is 0 Å². The van der Waals surface area contributed by atoms with Crippen molar-refractivity contribution in [3.8, 4) is 0 Å². The van der Waals surface area contributed by atoms with Crippen molar-refractivity contribution in [1.82, 2.24) is 9.88 Å². The van der Waals surface area contributed by atoms with Crippen molar-refractivity contribution in [1.29, 1.82) is 0 Å². The number of rotatable bonds is 3. The van der Waals surface area contributed by atoms with Crippen LogP contribution in [0.25, 0.3) is 0 Å². The Kier molecular flexibility index (Phi) is 9.14. The molecule has 0 aliphatic carbocycles. The third kappa shape index (κ3) is 5.24. The van der Waals surface area contributed by atoms with Crippen LogP contribution >= 0.6 is 24.8 Å². The van der Waals surface area contributed by atoms with Crippen LogP contribution in [0.1, 0.15) is 49.9 Å². The maximum Gasteiger partial charge on any atom is 0.255 e. The highest BCUT2D eigenvalue weighted by Crippen LogP contribution is 2.25. The molecule has 2 N–H and O–H groups in total. The van der Waals surface area contributed by atoms with E-state index in [0.29, 0.717) is 18.0 Å². The van der Waals surface area contributed by atoms with Gasteiger partial charge >= 0.3 is 0 Å². The van der Waals surface area contributed by atoms with Gasteiger partial charge in [-0.1, -0.05) is 13.8 Å². The van der Waals surface area contributed by atoms with E-state index in [1.54, 1.807) is 6.20 Å². The number of likely N-dealkylation sites (tertiary alicyclic amines) is 1. The third-order valence-corrected chi connectivity index (χ3v) is 5.61. The van der Waals surface area contributed by atoms with Crippen molar-refractivity contribution in [2.24, 2.45) is 17.6 Å². The van der Waals surface area contributed by atoms with Crippen molar-refractivity contribution in [3.63, 3.8) is 0 Å². The SMILES string of the molecule is CC1CCN(c2ccc(C(=O)N3CCC(C)CC3CN)cn2)CC1.Cl.Cl. The highest BCUT2D eigenvalue weighted by Gasteiger charge is 2.29. The van der Waals surface area contributed by atoms with Crippen LogP contribution in [0.3, 0.4) is 0 Å². The standard InChI is InChI=1S/C19H30N4O.2ClH/c1-14-5-8-22(9-6-14)18-4-3-16(13-21-18)19(24)23-10-7-15(2)11-17(23)12-20;;/h3-4,13-15,17H,5-12,20H2,1-2H3;2*1H. The Morgan fingerprint density at radius 2 is 1.77 bits per heavy atom. The molecule has 1 aromatic heterocycles. The molecule has 2 atom stereocenters. The lowest BCUT2D eigenvalue weighted by Gasteiger charge is -2.38. The number of pyridine rings is 1. The van der Waals surface area contributed by atoms with Gasteiger partial charge in [0.15, 0.2) is 0 Å². The van der Waals surface area contributed by atoms with E-state index in [-0.39, 0.29) is 36.8 Å².